The number of anilines is 1. The number of nitriles is 1. The fraction of sp³-hybridized carbons (Fsp3) is 0.0180. The lowest BCUT2D eigenvalue weighted by atomic mass is 9.98. The number of aromatic nitrogens is 18. The minimum atomic E-state index is -0.623. The monoisotopic (exact) mass is 1780 g/mol. The van der Waals surface area contributed by atoms with Crippen LogP contribution in [0.25, 0.3) is 174 Å². The summed E-state index contributed by atoms with van der Waals surface area (Å²) in [6.45, 7) is 0. The number of hydrogen-bond donors (Lipinski definition) is 2. The maximum absolute atomic E-state index is 13.5. The molecule has 3 N–H and O–H groups in total. The Kier molecular flexibility index (Phi) is 25.4. The molecule has 0 fully saturated rings. The van der Waals surface area contributed by atoms with Crippen molar-refractivity contribution in [1.82, 2.24) is 86.8 Å². The van der Waals surface area contributed by atoms with Crippen LogP contribution in [0.1, 0.15) is 5.56 Å². The van der Waals surface area contributed by atoms with Gasteiger partial charge in [-0.05, 0) is 212 Å². The van der Waals surface area contributed by atoms with Gasteiger partial charge >= 0.3 is 0 Å². The zero-order chi connectivity index (χ0) is 92.6. The van der Waals surface area contributed by atoms with E-state index in [0.717, 1.165) is 186 Å². The van der Waals surface area contributed by atoms with Crippen LogP contribution >= 0.6 is 0 Å². The van der Waals surface area contributed by atoms with Crippen LogP contribution in [0.15, 0.2) is 428 Å². The van der Waals surface area contributed by atoms with Gasteiger partial charge in [0.1, 0.15) is 57.2 Å². The standard InChI is InChI=1S/C19H12N4.2C19H15N3O.C18H11F2N3.C18H12FN3.C18H14N4/c20-11-13-3-1-4-15(9-13)19-16(5-2-8-21-19)14-6-7-17-18(10-14)23-12-22-17;1-23-16-5-2-4-14(12-16)19-17(6-3-9-21-19)15-7-8-18-20-10-11-22(18)13-15;1-23-16-7-4-14(5-8-16)19-17(3-2-10-21-19)15-6-9-18-20-11-12-22(18)13-15;19-14-8-13(9-15(20)10-14)18-16(2-1-5-22-18)12-3-4-17-21-6-7-23(17)11-12;19-15-6-3-13(4-7-15)18-16(2-1-9-21-18)14-5-8-17-20-10-11-22(17)12-14;19-15-4-1-3-13(11-15)18-16(5-2-8-21-18)14-6-7-17-20-9-10-22(17)12-14/h1-10,12H,(H,22,23);2*2-13H,1H3;1-11H;1-12H;1-12H,19H2. The van der Waals surface area contributed by atoms with Crippen molar-refractivity contribution in [2.75, 3.05) is 20.0 Å². The third kappa shape index (κ3) is 19.5. The Morgan fingerprint density at radius 1 is 0.272 bits per heavy atom. The average Bonchev–Trinajstić information content (AvgIpc) is 1.20. The molecule has 0 spiro atoms. The SMILES string of the molecule is COc1ccc(-c2ncccc2-c2ccc3nccn3c2)cc1.COc1cccc(-c2ncccc2-c2ccc3nccn3c2)c1.Fc1cc(F)cc(-c2ncccc2-c2ccc3nccn3c2)c1.Fc1ccc(-c2ncccc2-c2ccc3nccn3c2)cc1.N#Cc1cccc(-c2ncccc2-c2ccc3nc[nH]c3c2)c1.Nc1cccc(-c2ncccc2-c2ccc3nccn3c2)c1. The molecule has 0 amide bonds. The summed E-state index contributed by atoms with van der Waals surface area (Å²) < 4.78 is 60.6. The van der Waals surface area contributed by atoms with Gasteiger partial charge in [0, 0.05) is 236 Å². The number of methoxy groups -OCH3 is 2. The molecule has 17 heterocycles. The predicted molar refractivity (Wildman–Crippen MR) is 526 cm³/mol. The molecule has 136 heavy (non-hydrogen) atoms. The van der Waals surface area contributed by atoms with Crippen LogP contribution in [0.5, 0.6) is 11.5 Å². The van der Waals surface area contributed by atoms with Gasteiger partial charge in [0.25, 0.3) is 0 Å². The molecule has 22 nitrogen and oxygen atoms in total. The molecule has 0 aliphatic carbocycles. The molecular weight excluding hydrogens is 1700 g/mol. The number of halogens is 3. The second-order valence-corrected chi connectivity index (χ2v) is 31.0. The first-order valence-electron chi connectivity index (χ1n) is 43.0. The van der Waals surface area contributed by atoms with Crippen molar-refractivity contribution >= 4 is 45.0 Å². The van der Waals surface area contributed by atoms with Gasteiger partial charge in [0.15, 0.2) is 0 Å². The second-order valence-electron chi connectivity index (χ2n) is 31.0. The molecule has 0 unspecified atom stereocenters. The van der Waals surface area contributed by atoms with Gasteiger partial charge < -0.3 is 42.2 Å². The van der Waals surface area contributed by atoms with E-state index in [4.69, 9.17) is 20.5 Å². The molecule has 0 saturated heterocycles. The molecule has 656 valence electrons. The van der Waals surface area contributed by atoms with Crippen molar-refractivity contribution in [2.24, 2.45) is 0 Å². The normalized spacial score (nSPS) is 10.9. The smallest absolute Gasteiger partial charge is 0.136 e. The van der Waals surface area contributed by atoms with Gasteiger partial charge in [-0.15, -0.1) is 0 Å². The van der Waals surface area contributed by atoms with E-state index >= 15 is 0 Å². The third-order valence-corrected chi connectivity index (χ3v) is 22.5. The van der Waals surface area contributed by atoms with Gasteiger partial charge in [-0.3, -0.25) is 29.9 Å². The number of ether oxygens (including phenoxy) is 2. The van der Waals surface area contributed by atoms with Crippen LogP contribution in [0.2, 0.25) is 0 Å². The summed E-state index contributed by atoms with van der Waals surface area (Å²) in [5.41, 5.74) is 36.5. The Labute approximate surface area is 777 Å². The number of nitrogens with two attached hydrogens (primary N) is 1. The number of imidazole rings is 6. The summed E-state index contributed by atoms with van der Waals surface area (Å²) in [6, 6.07) is 93.0. The highest BCUT2D eigenvalue weighted by Crippen LogP contribution is 2.39. The molecule has 0 bridgehead atoms. The second kappa shape index (κ2) is 40.0. The zero-order valence-corrected chi connectivity index (χ0v) is 73.0. The maximum atomic E-state index is 13.5. The third-order valence-electron chi connectivity index (χ3n) is 22.5. The van der Waals surface area contributed by atoms with Crippen molar-refractivity contribution in [3.8, 4) is 152 Å². The first kappa shape index (κ1) is 86.4. The van der Waals surface area contributed by atoms with Crippen LogP contribution in [-0.2, 0) is 0 Å². The highest BCUT2D eigenvalue weighted by atomic mass is 19.1. The molecule has 0 saturated carbocycles. The van der Waals surface area contributed by atoms with Crippen molar-refractivity contribution in [1.29, 1.82) is 5.26 Å². The molecule has 0 atom stereocenters. The fourth-order valence-corrected chi connectivity index (χ4v) is 15.9. The highest BCUT2D eigenvalue weighted by Gasteiger charge is 2.19. The van der Waals surface area contributed by atoms with Gasteiger partial charge in [-0.1, -0.05) is 78.9 Å². The van der Waals surface area contributed by atoms with Gasteiger partial charge in [0.05, 0.1) is 77.4 Å². The van der Waals surface area contributed by atoms with Crippen molar-refractivity contribution in [3.05, 3.63) is 451 Å². The van der Waals surface area contributed by atoms with E-state index in [2.05, 4.69) is 132 Å². The number of H-pyrrole nitrogens is 1. The number of nitrogens with zero attached hydrogens (tertiary/aromatic N) is 18. The number of fused-ring (bicyclic) bond motifs is 6. The molecule has 7 aromatic carbocycles. The maximum Gasteiger partial charge on any atom is 0.136 e. The first-order valence-corrected chi connectivity index (χ1v) is 43.0. The lowest BCUT2D eigenvalue weighted by Gasteiger charge is -2.10. The minimum absolute atomic E-state index is 0.249. The lowest BCUT2D eigenvalue weighted by molar-refractivity contribution is 0.415. The predicted octanol–water partition coefficient (Wildman–Crippen LogP) is 24.5. The quantitative estimate of drug-likeness (QED) is 0.0959. The number of rotatable bonds is 14. The number of benzene rings is 7. The van der Waals surface area contributed by atoms with Crippen LogP contribution in [0.4, 0.5) is 18.9 Å². The van der Waals surface area contributed by atoms with Crippen LogP contribution in [-0.4, -0.2) is 101 Å². The molecule has 0 aliphatic rings. The van der Waals surface area contributed by atoms with Gasteiger partial charge in [-0.25, -0.2) is 43.1 Å². The van der Waals surface area contributed by atoms with E-state index in [0.29, 0.717) is 16.8 Å². The molecule has 25 heteroatoms. The number of hydrogen-bond acceptors (Lipinski definition) is 16. The average molecular weight is 1780 g/mol. The molecule has 24 aromatic rings. The van der Waals surface area contributed by atoms with E-state index in [9.17, 15) is 13.2 Å². The molecular formula is C111H79F3N20O2. The molecule has 0 aliphatic heterocycles. The highest BCUT2D eigenvalue weighted by molar-refractivity contribution is 5.89. The summed E-state index contributed by atoms with van der Waals surface area (Å²) in [7, 11) is 3.34. The van der Waals surface area contributed by atoms with Crippen molar-refractivity contribution in [2.45, 2.75) is 0 Å². The summed E-state index contributed by atoms with van der Waals surface area (Å²) in [4.78, 5) is 55.7. The summed E-state index contributed by atoms with van der Waals surface area (Å²) in [6.07, 6.45) is 40.9. The van der Waals surface area contributed by atoms with Crippen LogP contribution < -0.4 is 15.2 Å². The lowest BCUT2D eigenvalue weighted by Crippen LogP contribution is -1.92. The summed E-state index contributed by atoms with van der Waals surface area (Å²) >= 11 is 0. The number of nitrogens with one attached hydrogen (secondary N) is 1. The summed E-state index contributed by atoms with van der Waals surface area (Å²) in [5, 5.41) is 9.11. The van der Waals surface area contributed by atoms with E-state index in [1.165, 1.54) is 24.3 Å². The number of pyridine rings is 11. The van der Waals surface area contributed by atoms with E-state index in [1.807, 2.05) is 272 Å². The fourth-order valence-electron chi connectivity index (χ4n) is 15.9. The first-order chi connectivity index (χ1) is 66.9. The Morgan fingerprint density at radius 3 is 1.00 bits per heavy atom. The van der Waals surface area contributed by atoms with Crippen molar-refractivity contribution < 1.29 is 22.6 Å². The zero-order valence-electron chi connectivity index (χ0n) is 73.0. The molecule has 0 radical (unpaired) electrons. The molecule has 17 aromatic heterocycles. The van der Waals surface area contributed by atoms with Crippen LogP contribution in [0.3, 0.4) is 0 Å². The molecule has 24 rings (SSSR count). The van der Waals surface area contributed by atoms with Gasteiger partial charge in [0.2, 0.25) is 0 Å². The Morgan fingerprint density at radius 2 is 0.610 bits per heavy atom. The summed E-state index contributed by atoms with van der Waals surface area (Å²) in [5.74, 6) is 0.166. The van der Waals surface area contributed by atoms with Crippen LogP contribution in [0, 0.1) is 28.8 Å². The van der Waals surface area contributed by atoms with Crippen molar-refractivity contribution in [3.63, 3.8) is 0 Å². The van der Waals surface area contributed by atoms with Gasteiger partial charge in [-0.2, -0.15) is 5.26 Å². The van der Waals surface area contributed by atoms with E-state index < -0.39 is 11.6 Å². The number of aromatic amines is 1. The van der Waals surface area contributed by atoms with E-state index in [1.54, 1.807) is 101 Å². The topological polar surface area (TPSA) is 261 Å². The Bertz CT molecular complexity index is 8390. The Hall–Kier alpha value is -19.0. The number of nitrogen functional groups attached to an aromatic ring is 1. The largest absolute Gasteiger partial charge is 0.497 e. The van der Waals surface area contributed by atoms with E-state index in [-0.39, 0.29) is 5.82 Å². The minimum Gasteiger partial charge on any atom is -0.497 e. The Balaban J connectivity index is 0.000000105.